The molecule has 2 saturated carbocycles. The van der Waals surface area contributed by atoms with Gasteiger partial charge in [0.25, 0.3) is 0 Å². The standard InChI is InChI=1S/C13H19NO/c1-2-6-12-11(5-1)13(12)9-14-8-10-4-3-7-15-10/h3-4,7,11-14H,1-2,5-6,8-9H2. The van der Waals surface area contributed by atoms with Gasteiger partial charge in [0.1, 0.15) is 5.76 Å². The van der Waals surface area contributed by atoms with Crippen LogP contribution < -0.4 is 5.32 Å². The highest BCUT2D eigenvalue weighted by molar-refractivity contribution is 5.01. The Morgan fingerprint density at radius 2 is 2.07 bits per heavy atom. The molecule has 2 nitrogen and oxygen atoms in total. The van der Waals surface area contributed by atoms with E-state index in [4.69, 9.17) is 4.42 Å². The Labute approximate surface area is 91.0 Å². The van der Waals surface area contributed by atoms with E-state index in [-0.39, 0.29) is 0 Å². The smallest absolute Gasteiger partial charge is 0.117 e. The van der Waals surface area contributed by atoms with Crippen LogP contribution in [0.1, 0.15) is 31.4 Å². The third kappa shape index (κ3) is 1.96. The van der Waals surface area contributed by atoms with Gasteiger partial charge in [-0.05, 0) is 49.3 Å². The Hall–Kier alpha value is -0.760. The molecule has 0 spiro atoms. The first-order chi connectivity index (χ1) is 7.45. The van der Waals surface area contributed by atoms with Gasteiger partial charge in [0.15, 0.2) is 0 Å². The Morgan fingerprint density at radius 1 is 1.27 bits per heavy atom. The third-order valence-electron chi connectivity index (χ3n) is 4.09. The van der Waals surface area contributed by atoms with E-state index >= 15 is 0 Å². The minimum atomic E-state index is 0.892. The third-order valence-corrected chi connectivity index (χ3v) is 4.09. The van der Waals surface area contributed by atoms with Gasteiger partial charge in [-0.2, -0.15) is 0 Å². The monoisotopic (exact) mass is 205 g/mol. The normalized spacial score (nSPS) is 33.7. The summed E-state index contributed by atoms with van der Waals surface area (Å²) >= 11 is 0. The number of hydrogen-bond acceptors (Lipinski definition) is 2. The summed E-state index contributed by atoms with van der Waals surface area (Å²) in [7, 11) is 0. The highest BCUT2D eigenvalue weighted by Crippen LogP contribution is 2.54. The molecule has 2 heteroatoms. The first-order valence-corrected chi connectivity index (χ1v) is 6.18. The molecule has 2 aliphatic carbocycles. The highest BCUT2D eigenvalue weighted by atomic mass is 16.3. The molecule has 3 rings (SSSR count). The van der Waals surface area contributed by atoms with Crippen LogP contribution in [0.3, 0.4) is 0 Å². The van der Waals surface area contributed by atoms with Crippen molar-refractivity contribution in [3.8, 4) is 0 Å². The molecule has 2 aliphatic rings. The van der Waals surface area contributed by atoms with Gasteiger partial charge in [0, 0.05) is 0 Å². The molecule has 0 bridgehead atoms. The molecular formula is C13H19NO. The fourth-order valence-corrected chi connectivity index (χ4v) is 3.22. The fourth-order valence-electron chi connectivity index (χ4n) is 3.22. The van der Waals surface area contributed by atoms with E-state index in [0.717, 1.165) is 30.1 Å². The summed E-state index contributed by atoms with van der Waals surface area (Å²) in [6.45, 7) is 2.08. The summed E-state index contributed by atoms with van der Waals surface area (Å²) < 4.78 is 5.29. The minimum Gasteiger partial charge on any atom is -0.468 e. The van der Waals surface area contributed by atoms with E-state index in [1.165, 1.54) is 32.2 Å². The topological polar surface area (TPSA) is 25.2 Å². The predicted octanol–water partition coefficient (Wildman–Crippen LogP) is 2.81. The first kappa shape index (κ1) is 9.46. The lowest BCUT2D eigenvalue weighted by Gasteiger charge is -2.04. The lowest BCUT2D eigenvalue weighted by Crippen LogP contribution is -2.16. The van der Waals surface area contributed by atoms with Gasteiger partial charge < -0.3 is 9.73 Å². The summed E-state index contributed by atoms with van der Waals surface area (Å²) in [5.74, 6) is 4.15. The second-order valence-electron chi connectivity index (χ2n) is 4.99. The molecule has 2 fully saturated rings. The van der Waals surface area contributed by atoms with Crippen LogP contribution in [0.2, 0.25) is 0 Å². The maximum absolute atomic E-state index is 5.29. The number of rotatable bonds is 4. The number of fused-ring (bicyclic) bond motifs is 1. The van der Waals surface area contributed by atoms with E-state index in [9.17, 15) is 0 Å². The summed E-state index contributed by atoms with van der Waals surface area (Å²) in [5, 5.41) is 3.51. The Bertz CT molecular complexity index is 294. The van der Waals surface area contributed by atoms with Crippen LogP contribution in [0.5, 0.6) is 0 Å². The maximum atomic E-state index is 5.29. The van der Waals surface area contributed by atoms with Crippen LogP contribution >= 0.6 is 0 Å². The predicted molar refractivity (Wildman–Crippen MR) is 59.4 cm³/mol. The Kier molecular flexibility index (Phi) is 2.53. The first-order valence-electron chi connectivity index (χ1n) is 6.18. The minimum absolute atomic E-state index is 0.892. The number of furan rings is 1. The van der Waals surface area contributed by atoms with Crippen molar-refractivity contribution >= 4 is 0 Å². The van der Waals surface area contributed by atoms with Crippen LogP contribution in [0, 0.1) is 17.8 Å². The molecule has 0 amide bonds. The van der Waals surface area contributed by atoms with Crippen LogP contribution in [0.15, 0.2) is 22.8 Å². The molecule has 82 valence electrons. The number of hydrogen-bond donors (Lipinski definition) is 1. The van der Waals surface area contributed by atoms with Gasteiger partial charge in [0.2, 0.25) is 0 Å². The van der Waals surface area contributed by atoms with Crippen molar-refractivity contribution in [2.75, 3.05) is 6.54 Å². The largest absolute Gasteiger partial charge is 0.468 e. The van der Waals surface area contributed by atoms with Crippen LogP contribution in [-0.2, 0) is 6.54 Å². The van der Waals surface area contributed by atoms with Gasteiger partial charge in [0.05, 0.1) is 12.8 Å². The number of nitrogens with one attached hydrogen (secondary N) is 1. The van der Waals surface area contributed by atoms with Crippen molar-refractivity contribution < 1.29 is 4.42 Å². The zero-order valence-corrected chi connectivity index (χ0v) is 9.11. The van der Waals surface area contributed by atoms with Crippen molar-refractivity contribution in [1.82, 2.24) is 5.32 Å². The SMILES string of the molecule is c1coc(CNCC2C3CCCCC32)c1. The van der Waals surface area contributed by atoms with Crippen molar-refractivity contribution in [2.24, 2.45) is 17.8 Å². The molecule has 0 aliphatic heterocycles. The lowest BCUT2D eigenvalue weighted by molar-refractivity contribution is 0.472. The zero-order chi connectivity index (χ0) is 10.1. The van der Waals surface area contributed by atoms with Crippen LogP contribution in [-0.4, -0.2) is 6.54 Å². The molecule has 1 heterocycles. The van der Waals surface area contributed by atoms with Crippen molar-refractivity contribution in [3.63, 3.8) is 0 Å². The van der Waals surface area contributed by atoms with Crippen LogP contribution in [0.25, 0.3) is 0 Å². The molecule has 2 atom stereocenters. The van der Waals surface area contributed by atoms with Gasteiger partial charge in [-0.1, -0.05) is 12.8 Å². The Balaban J connectivity index is 1.40. The average molecular weight is 205 g/mol. The summed E-state index contributed by atoms with van der Waals surface area (Å²) in [4.78, 5) is 0. The molecule has 1 aromatic rings. The molecule has 0 aromatic carbocycles. The fraction of sp³-hybridized carbons (Fsp3) is 0.692. The second-order valence-corrected chi connectivity index (χ2v) is 4.99. The van der Waals surface area contributed by atoms with E-state index < -0.39 is 0 Å². The van der Waals surface area contributed by atoms with E-state index in [1.807, 2.05) is 12.1 Å². The Morgan fingerprint density at radius 3 is 2.73 bits per heavy atom. The van der Waals surface area contributed by atoms with Crippen molar-refractivity contribution in [3.05, 3.63) is 24.2 Å². The van der Waals surface area contributed by atoms with Gasteiger partial charge in [-0.25, -0.2) is 0 Å². The molecule has 1 aromatic heterocycles. The van der Waals surface area contributed by atoms with Gasteiger partial charge in [-0.15, -0.1) is 0 Å². The molecule has 0 saturated heterocycles. The molecule has 1 N–H and O–H groups in total. The van der Waals surface area contributed by atoms with Crippen molar-refractivity contribution in [2.45, 2.75) is 32.2 Å². The lowest BCUT2D eigenvalue weighted by atomic mass is 10.0. The average Bonchev–Trinajstić information content (AvgIpc) is 2.73. The van der Waals surface area contributed by atoms with Crippen LogP contribution in [0.4, 0.5) is 0 Å². The molecule has 15 heavy (non-hydrogen) atoms. The van der Waals surface area contributed by atoms with Crippen molar-refractivity contribution in [1.29, 1.82) is 0 Å². The van der Waals surface area contributed by atoms with E-state index in [2.05, 4.69) is 5.32 Å². The van der Waals surface area contributed by atoms with Gasteiger partial charge >= 0.3 is 0 Å². The van der Waals surface area contributed by atoms with E-state index in [1.54, 1.807) is 6.26 Å². The maximum Gasteiger partial charge on any atom is 0.117 e. The summed E-state index contributed by atoms with van der Waals surface area (Å²) in [6, 6.07) is 3.99. The summed E-state index contributed by atoms with van der Waals surface area (Å²) in [6.07, 6.45) is 7.65. The quantitative estimate of drug-likeness (QED) is 0.817. The second kappa shape index (κ2) is 4.01. The molecular weight excluding hydrogens is 186 g/mol. The summed E-state index contributed by atoms with van der Waals surface area (Å²) in [5.41, 5.74) is 0. The molecule has 0 radical (unpaired) electrons. The zero-order valence-electron chi connectivity index (χ0n) is 9.11. The highest BCUT2D eigenvalue weighted by Gasteiger charge is 2.49. The molecule has 2 unspecified atom stereocenters. The van der Waals surface area contributed by atoms with E-state index in [0.29, 0.717) is 0 Å². The van der Waals surface area contributed by atoms with Gasteiger partial charge in [-0.3, -0.25) is 0 Å².